The Labute approximate surface area is 184 Å². The van der Waals surface area contributed by atoms with E-state index in [4.69, 9.17) is 10.6 Å². The van der Waals surface area contributed by atoms with Crippen LogP contribution in [-0.2, 0) is 11.3 Å². The molecule has 1 aromatic carbocycles. The molecular weight excluding hydrogens is 434 g/mol. The van der Waals surface area contributed by atoms with Gasteiger partial charge in [-0.15, -0.1) is 18.3 Å². The van der Waals surface area contributed by atoms with Crippen molar-refractivity contribution >= 4 is 12.1 Å². The van der Waals surface area contributed by atoms with Crippen molar-refractivity contribution in [1.82, 2.24) is 15.1 Å². The highest BCUT2D eigenvalue weighted by Gasteiger charge is 2.33. The zero-order chi connectivity index (χ0) is 23.9. The summed E-state index contributed by atoms with van der Waals surface area (Å²) in [5, 5.41) is 6.30. The van der Waals surface area contributed by atoms with Crippen molar-refractivity contribution in [2.24, 2.45) is 16.9 Å². The number of carbonyl (C=O) groups is 1. The predicted molar refractivity (Wildman–Crippen MR) is 110 cm³/mol. The quantitative estimate of drug-likeness (QED) is 0.222. The molecule has 2 amide bonds. The van der Waals surface area contributed by atoms with Crippen LogP contribution in [0.2, 0.25) is 0 Å². The van der Waals surface area contributed by atoms with Gasteiger partial charge in [-0.3, -0.25) is 0 Å². The minimum absolute atomic E-state index is 0.0416. The molecule has 2 rings (SSSR count). The van der Waals surface area contributed by atoms with Gasteiger partial charge in [-0.1, -0.05) is 19.9 Å². The third-order valence-electron chi connectivity index (χ3n) is 5.06. The van der Waals surface area contributed by atoms with Crippen LogP contribution in [0.1, 0.15) is 32.3 Å². The number of hydrogen-bond donors (Lipinski definition) is 2. The number of hydrogen-bond acceptors (Lipinski definition) is 5. The highest BCUT2D eigenvalue weighted by molar-refractivity contribution is 5.75. The van der Waals surface area contributed by atoms with Crippen LogP contribution in [0.25, 0.3) is 0 Å². The first-order valence-corrected chi connectivity index (χ1v) is 10.2. The van der Waals surface area contributed by atoms with Crippen LogP contribution in [0.4, 0.5) is 22.4 Å². The van der Waals surface area contributed by atoms with E-state index in [1.54, 1.807) is 4.90 Å². The number of ether oxygens (including phenoxy) is 2. The number of amidine groups is 1. The van der Waals surface area contributed by atoms with Crippen molar-refractivity contribution in [2.45, 2.75) is 45.6 Å². The fourth-order valence-corrected chi connectivity index (χ4v) is 3.80. The normalized spacial score (nSPS) is 19.5. The number of nitrogens with two attached hydrogens (primary N) is 1. The molecular formula is C20H29F4N5O3. The van der Waals surface area contributed by atoms with Gasteiger partial charge in [0.15, 0.2) is 0 Å². The van der Waals surface area contributed by atoms with Crippen LogP contribution in [0.15, 0.2) is 23.3 Å². The molecule has 1 heterocycles. The molecule has 0 saturated carbocycles. The third kappa shape index (κ3) is 7.06. The summed E-state index contributed by atoms with van der Waals surface area (Å²) >= 11 is 0. The molecule has 0 spiro atoms. The Morgan fingerprint density at radius 2 is 2.09 bits per heavy atom. The summed E-state index contributed by atoms with van der Waals surface area (Å²) in [7, 11) is 1.47. The molecule has 2 atom stereocenters. The Morgan fingerprint density at radius 3 is 2.66 bits per heavy atom. The van der Waals surface area contributed by atoms with E-state index in [0.29, 0.717) is 32.1 Å². The second kappa shape index (κ2) is 11.1. The van der Waals surface area contributed by atoms with E-state index in [1.807, 2.05) is 18.7 Å². The second-order valence-electron chi connectivity index (χ2n) is 7.67. The van der Waals surface area contributed by atoms with Crippen molar-refractivity contribution < 1.29 is 31.8 Å². The van der Waals surface area contributed by atoms with Gasteiger partial charge in [0.1, 0.15) is 11.6 Å². The van der Waals surface area contributed by atoms with Crippen LogP contribution in [0.3, 0.4) is 0 Å². The van der Waals surface area contributed by atoms with E-state index < -0.39 is 24.0 Å². The lowest BCUT2D eigenvalue weighted by Gasteiger charge is -2.42. The minimum Gasteiger partial charge on any atom is -0.467 e. The van der Waals surface area contributed by atoms with E-state index in [9.17, 15) is 22.4 Å². The number of benzene rings is 1. The lowest BCUT2D eigenvalue weighted by Crippen LogP contribution is -2.56. The summed E-state index contributed by atoms with van der Waals surface area (Å²) in [6, 6.07) is 2.51. The van der Waals surface area contributed by atoms with Crippen LogP contribution in [-0.4, -0.2) is 61.0 Å². The summed E-state index contributed by atoms with van der Waals surface area (Å²) in [5.41, 5.74) is 0.0416. The van der Waals surface area contributed by atoms with Gasteiger partial charge in [0.05, 0.1) is 13.2 Å². The average Bonchev–Trinajstić information content (AvgIpc) is 2.70. The summed E-state index contributed by atoms with van der Waals surface area (Å²) in [6.07, 6.45) is -3.45. The minimum atomic E-state index is -4.91. The fourth-order valence-electron chi connectivity index (χ4n) is 3.80. The van der Waals surface area contributed by atoms with Crippen LogP contribution >= 0.6 is 0 Å². The standard InChI is InChI=1S/C20H29F4N5O3/c1-4-7-29(15-8-13(2)11-28(12-15)19(27-25)31-3)18(30)26-10-14-5-6-16(9-17(14)21)32-20(22,23)24/h5-6,9,13,15H,4,7-8,10-12,25H2,1-3H3,(H,26,30)/b27-19-. The number of halogens is 4. The zero-order valence-electron chi connectivity index (χ0n) is 18.3. The lowest BCUT2D eigenvalue weighted by atomic mass is 9.95. The van der Waals surface area contributed by atoms with Crippen LogP contribution in [0.5, 0.6) is 5.75 Å². The van der Waals surface area contributed by atoms with Gasteiger partial charge in [0.25, 0.3) is 0 Å². The van der Waals surface area contributed by atoms with E-state index in [2.05, 4.69) is 15.2 Å². The summed E-state index contributed by atoms with van der Waals surface area (Å²) in [6.45, 7) is 5.42. The molecule has 1 fully saturated rings. The van der Waals surface area contributed by atoms with E-state index in [0.717, 1.165) is 18.6 Å². The number of methoxy groups -OCH3 is 1. The number of carbonyl (C=O) groups excluding carboxylic acids is 1. The topological polar surface area (TPSA) is 92.4 Å². The SMILES string of the molecule is CCCN(C(=O)NCc1ccc(OC(F)(F)F)cc1F)C1CC(C)CN(/C(=N/N)OC)C1. The van der Waals surface area contributed by atoms with Crippen molar-refractivity contribution in [3.05, 3.63) is 29.6 Å². The molecule has 1 aromatic rings. The third-order valence-corrected chi connectivity index (χ3v) is 5.06. The number of piperidine rings is 1. The molecule has 32 heavy (non-hydrogen) atoms. The van der Waals surface area contributed by atoms with Crippen LogP contribution in [0, 0.1) is 11.7 Å². The number of likely N-dealkylation sites (tertiary alicyclic amines) is 1. The molecule has 1 aliphatic heterocycles. The molecule has 2 unspecified atom stereocenters. The molecule has 1 saturated heterocycles. The monoisotopic (exact) mass is 463 g/mol. The summed E-state index contributed by atoms with van der Waals surface area (Å²) in [4.78, 5) is 16.4. The van der Waals surface area contributed by atoms with Crippen molar-refractivity contribution in [3.8, 4) is 5.75 Å². The number of amides is 2. The molecule has 1 aliphatic rings. The Balaban J connectivity index is 2.07. The first-order chi connectivity index (χ1) is 15.1. The Morgan fingerprint density at radius 1 is 1.38 bits per heavy atom. The van der Waals surface area contributed by atoms with Crippen molar-refractivity contribution in [2.75, 3.05) is 26.7 Å². The first kappa shape index (κ1) is 25.3. The summed E-state index contributed by atoms with van der Waals surface area (Å²) in [5.74, 6) is 4.06. The highest BCUT2D eigenvalue weighted by atomic mass is 19.4. The number of urea groups is 1. The Hall–Kier alpha value is -2.92. The van der Waals surface area contributed by atoms with Gasteiger partial charge >= 0.3 is 18.4 Å². The number of rotatable bonds is 6. The molecule has 0 radical (unpaired) electrons. The maximum Gasteiger partial charge on any atom is 0.573 e. The smallest absolute Gasteiger partial charge is 0.467 e. The number of nitrogens with zero attached hydrogens (tertiary/aromatic N) is 3. The zero-order valence-corrected chi connectivity index (χ0v) is 18.3. The first-order valence-electron chi connectivity index (χ1n) is 10.2. The van der Waals surface area contributed by atoms with E-state index in [-0.39, 0.29) is 30.1 Å². The van der Waals surface area contributed by atoms with Gasteiger partial charge in [0, 0.05) is 37.8 Å². The van der Waals surface area contributed by atoms with Crippen molar-refractivity contribution in [1.29, 1.82) is 0 Å². The fraction of sp³-hybridized carbons (Fsp3) is 0.600. The molecule has 0 bridgehead atoms. The summed E-state index contributed by atoms with van der Waals surface area (Å²) < 4.78 is 59.9. The van der Waals surface area contributed by atoms with Crippen LogP contribution < -0.4 is 15.9 Å². The molecule has 8 nitrogen and oxygen atoms in total. The lowest BCUT2D eigenvalue weighted by molar-refractivity contribution is -0.274. The van der Waals surface area contributed by atoms with Gasteiger partial charge in [-0.2, -0.15) is 0 Å². The van der Waals surface area contributed by atoms with E-state index in [1.165, 1.54) is 7.11 Å². The largest absolute Gasteiger partial charge is 0.573 e. The molecule has 0 aromatic heterocycles. The Kier molecular flexibility index (Phi) is 8.79. The molecule has 12 heteroatoms. The van der Waals surface area contributed by atoms with Crippen molar-refractivity contribution in [3.63, 3.8) is 0 Å². The average molecular weight is 463 g/mol. The maximum absolute atomic E-state index is 14.2. The van der Waals surface area contributed by atoms with Gasteiger partial charge in [-0.25, -0.2) is 9.18 Å². The predicted octanol–water partition coefficient (Wildman–Crippen LogP) is 3.23. The number of nitrogens with one attached hydrogen (secondary N) is 1. The highest BCUT2D eigenvalue weighted by Crippen LogP contribution is 2.25. The molecule has 0 aliphatic carbocycles. The van der Waals surface area contributed by atoms with E-state index >= 15 is 0 Å². The van der Waals surface area contributed by atoms with Gasteiger partial charge in [-0.05, 0) is 24.8 Å². The number of alkyl halides is 3. The van der Waals surface area contributed by atoms with Gasteiger partial charge in [0.2, 0.25) is 0 Å². The Bertz CT molecular complexity index is 806. The molecule has 3 N–H and O–H groups in total. The number of hydrazone groups is 1. The maximum atomic E-state index is 14.2. The van der Waals surface area contributed by atoms with Gasteiger partial charge < -0.3 is 30.4 Å². The second-order valence-corrected chi connectivity index (χ2v) is 7.67. The molecule has 180 valence electrons.